The molecule has 0 fully saturated rings. The minimum Gasteiger partial charge on any atom is -0.497 e. The van der Waals surface area contributed by atoms with Crippen LogP contribution in [0, 0.1) is 0 Å². The number of ether oxygens (including phenoxy) is 3. The lowest BCUT2D eigenvalue weighted by Gasteiger charge is -2.26. The highest BCUT2D eigenvalue weighted by Crippen LogP contribution is 2.32. The Labute approximate surface area is 193 Å². The molecule has 0 aliphatic carbocycles. The van der Waals surface area contributed by atoms with Gasteiger partial charge in [-0.2, -0.15) is 0 Å². The summed E-state index contributed by atoms with van der Waals surface area (Å²) in [5.74, 6) is 1.81. The van der Waals surface area contributed by atoms with Crippen molar-refractivity contribution in [3.8, 4) is 27.7 Å². The Bertz CT molecular complexity index is 1360. The van der Waals surface area contributed by atoms with Crippen LogP contribution in [0.5, 0.6) is 17.2 Å². The molecule has 1 amide bonds. The topological polar surface area (TPSA) is 91.7 Å². The van der Waals surface area contributed by atoms with Crippen LogP contribution in [0.4, 0.5) is 0 Å². The van der Waals surface area contributed by atoms with Crippen LogP contribution >= 0.6 is 11.3 Å². The number of methoxy groups -OCH3 is 1. The summed E-state index contributed by atoms with van der Waals surface area (Å²) in [7, 11) is 1.62. The van der Waals surface area contributed by atoms with E-state index in [0.29, 0.717) is 28.3 Å². The molecule has 168 valence electrons. The smallest absolute Gasteiger partial charge is 0.271 e. The minimum atomic E-state index is -0.300. The lowest BCUT2D eigenvalue weighted by molar-refractivity contribution is -0.122. The van der Waals surface area contributed by atoms with E-state index in [1.54, 1.807) is 7.11 Å². The molecule has 1 aliphatic heterocycles. The standard InChI is InChI=1S/C24H21N3O5S/c1-30-16-8-6-15(7-9-16)21-10-18-23(33-21)24(29)27(14-26-18)12-22(28)25-11-17-13-31-19-4-2-3-5-20(19)32-17/h2-10,14,17H,11-13H2,1H3,(H,25,28). The summed E-state index contributed by atoms with van der Waals surface area (Å²) in [6, 6.07) is 16.9. The summed E-state index contributed by atoms with van der Waals surface area (Å²) < 4.78 is 18.5. The van der Waals surface area contributed by atoms with Crippen LogP contribution in [-0.4, -0.2) is 41.8 Å². The van der Waals surface area contributed by atoms with E-state index in [2.05, 4.69) is 10.3 Å². The molecule has 9 heteroatoms. The third-order valence-corrected chi connectivity index (χ3v) is 6.45. The zero-order valence-electron chi connectivity index (χ0n) is 17.8. The molecule has 0 saturated heterocycles. The van der Waals surface area contributed by atoms with Crippen molar-refractivity contribution in [2.45, 2.75) is 12.6 Å². The Balaban J connectivity index is 1.25. The predicted octanol–water partition coefficient (Wildman–Crippen LogP) is 3.09. The molecule has 0 spiro atoms. The Kier molecular flexibility index (Phi) is 5.70. The number of benzene rings is 2. The third kappa shape index (κ3) is 4.40. The van der Waals surface area contributed by atoms with Crippen LogP contribution in [0.1, 0.15) is 0 Å². The van der Waals surface area contributed by atoms with Crippen molar-refractivity contribution in [1.82, 2.24) is 14.9 Å². The summed E-state index contributed by atoms with van der Waals surface area (Å²) in [4.78, 5) is 30.7. The zero-order chi connectivity index (χ0) is 22.8. The van der Waals surface area contributed by atoms with Crippen LogP contribution in [-0.2, 0) is 11.3 Å². The largest absolute Gasteiger partial charge is 0.497 e. The van der Waals surface area contributed by atoms with Gasteiger partial charge in [-0.1, -0.05) is 12.1 Å². The molecule has 2 aromatic carbocycles. The highest BCUT2D eigenvalue weighted by Gasteiger charge is 2.21. The quantitative estimate of drug-likeness (QED) is 0.473. The van der Waals surface area contributed by atoms with Gasteiger partial charge in [0.25, 0.3) is 5.56 Å². The van der Waals surface area contributed by atoms with E-state index in [9.17, 15) is 9.59 Å². The molecule has 1 unspecified atom stereocenters. The van der Waals surface area contributed by atoms with Crippen molar-refractivity contribution < 1.29 is 19.0 Å². The van der Waals surface area contributed by atoms with E-state index in [4.69, 9.17) is 14.2 Å². The van der Waals surface area contributed by atoms with E-state index < -0.39 is 0 Å². The first kappa shape index (κ1) is 21.0. The maximum absolute atomic E-state index is 12.9. The number of hydrogen-bond acceptors (Lipinski definition) is 7. The van der Waals surface area contributed by atoms with Gasteiger partial charge in [0, 0.05) is 4.88 Å². The van der Waals surface area contributed by atoms with E-state index in [0.717, 1.165) is 16.2 Å². The lowest BCUT2D eigenvalue weighted by Crippen LogP contribution is -2.42. The molecule has 0 radical (unpaired) electrons. The number of aromatic nitrogens is 2. The normalized spacial score (nSPS) is 14.8. The summed E-state index contributed by atoms with van der Waals surface area (Å²) in [5.41, 5.74) is 1.34. The fourth-order valence-corrected chi connectivity index (χ4v) is 4.62. The van der Waals surface area contributed by atoms with E-state index in [1.807, 2.05) is 54.6 Å². The number of rotatable bonds is 6. The summed E-state index contributed by atoms with van der Waals surface area (Å²) in [5, 5.41) is 2.81. The second-order valence-corrected chi connectivity index (χ2v) is 8.59. The van der Waals surface area contributed by atoms with E-state index in [-0.39, 0.29) is 30.7 Å². The molecule has 4 aromatic rings. The molecule has 2 aromatic heterocycles. The Morgan fingerprint density at radius 1 is 1.21 bits per heavy atom. The SMILES string of the molecule is COc1ccc(-c2cc3ncn(CC(=O)NCC4COc5ccccc5O4)c(=O)c3s2)cc1. The molecule has 5 rings (SSSR count). The molecule has 33 heavy (non-hydrogen) atoms. The van der Waals surface area contributed by atoms with Gasteiger partial charge >= 0.3 is 0 Å². The number of carbonyl (C=O) groups is 1. The first-order valence-electron chi connectivity index (χ1n) is 10.4. The molecule has 0 saturated carbocycles. The second kappa shape index (κ2) is 8.95. The number of carbonyl (C=O) groups excluding carboxylic acids is 1. The van der Waals surface area contributed by atoms with Crippen LogP contribution in [0.25, 0.3) is 20.7 Å². The van der Waals surface area contributed by atoms with Gasteiger partial charge in [0.1, 0.15) is 29.7 Å². The monoisotopic (exact) mass is 463 g/mol. The Morgan fingerprint density at radius 3 is 2.79 bits per heavy atom. The van der Waals surface area contributed by atoms with Crippen molar-refractivity contribution in [2.24, 2.45) is 0 Å². The molecule has 1 atom stereocenters. The molecule has 1 N–H and O–H groups in total. The average Bonchev–Trinajstić information content (AvgIpc) is 3.30. The van der Waals surface area contributed by atoms with Gasteiger partial charge in [-0.25, -0.2) is 4.98 Å². The van der Waals surface area contributed by atoms with Gasteiger partial charge in [-0.15, -0.1) is 11.3 Å². The Hall–Kier alpha value is -3.85. The molecular weight excluding hydrogens is 442 g/mol. The van der Waals surface area contributed by atoms with Crippen molar-refractivity contribution in [2.75, 3.05) is 20.3 Å². The Morgan fingerprint density at radius 2 is 2.00 bits per heavy atom. The number of amides is 1. The van der Waals surface area contributed by atoms with Crippen molar-refractivity contribution in [3.05, 3.63) is 71.3 Å². The number of nitrogens with zero attached hydrogens (tertiary/aromatic N) is 2. The molecule has 1 aliphatic rings. The second-order valence-electron chi connectivity index (χ2n) is 7.53. The van der Waals surface area contributed by atoms with Gasteiger partial charge < -0.3 is 19.5 Å². The van der Waals surface area contributed by atoms with E-state index in [1.165, 1.54) is 22.2 Å². The van der Waals surface area contributed by atoms with Crippen LogP contribution in [0.2, 0.25) is 0 Å². The molecule has 8 nitrogen and oxygen atoms in total. The maximum atomic E-state index is 12.9. The molecule has 0 bridgehead atoms. The van der Waals surface area contributed by atoms with E-state index >= 15 is 0 Å². The predicted molar refractivity (Wildman–Crippen MR) is 125 cm³/mol. The lowest BCUT2D eigenvalue weighted by atomic mass is 10.2. The summed E-state index contributed by atoms with van der Waals surface area (Å²) >= 11 is 1.36. The van der Waals surface area contributed by atoms with Crippen LogP contribution in [0.3, 0.4) is 0 Å². The van der Waals surface area contributed by atoms with Crippen LogP contribution < -0.4 is 25.1 Å². The first-order valence-corrected chi connectivity index (χ1v) is 11.2. The summed E-state index contributed by atoms with van der Waals surface area (Å²) in [6.45, 7) is 0.494. The molecule has 3 heterocycles. The average molecular weight is 464 g/mol. The number of nitrogens with one attached hydrogen (secondary N) is 1. The van der Waals surface area contributed by atoms with Gasteiger partial charge in [0.15, 0.2) is 11.5 Å². The van der Waals surface area contributed by atoms with Crippen LogP contribution in [0.15, 0.2) is 65.7 Å². The van der Waals surface area contributed by atoms with Gasteiger partial charge in [-0.05, 0) is 48.0 Å². The number of hydrogen-bond donors (Lipinski definition) is 1. The first-order chi connectivity index (χ1) is 16.1. The van der Waals surface area contributed by atoms with Gasteiger partial charge in [0.05, 0.1) is 25.5 Å². The minimum absolute atomic E-state index is 0.123. The zero-order valence-corrected chi connectivity index (χ0v) is 18.6. The number of para-hydroxylation sites is 2. The number of thiophene rings is 1. The fraction of sp³-hybridized carbons (Fsp3) is 0.208. The van der Waals surface area contributed by atoms with Crippen molar-refractivity contribution >= 4 is 27.5 Å². The highest BCUT2D eigenvalue weighted by atomic mass is 32.1. The summed E-state index contributed by atoms with van der Waals surface area (Å²) in [6.07, 6.45) is 1.11. The van der Waals surface area contributed by atoms with Gasteiger partial charge in [0.2, 0.25) is 5.91 Å². The fourth-order valence-electron chi connectivity index (χ4n) is 3.56. The highest BCUT2D eigenvalue weighted by molar-refractivity contribution is 7.22. The van der Waals surface area contributed by atoms with Gasteiger partial charge in [-0.3, -0.25) is 14.2 Å². The molecular formula is C24H21N3O5S. The number of fused-ring (bicyclic) bond motifs is 2. The van der Waals surface area contributed by atoms with Crippen molar-refractivity contribution in [1.29, 1.82) is 0 Å². The third-order valence-electron chi connectivity index (χ3n) is 5.29. The maximum Gasteiger partial charge on any atom is 0.271 e. The van der Waals surface area contributed by atoms with Crippen molar-refractivity contribution in [3.63, 3.8) is 0 Å².